The lowest BCUT2D eigenvalue weighted by atomic mass is 9.98. The molecule has 0 saturated carbocycles. The van der Waals surface area contributed by atoms with Crippen LogP contribution in [0, 0.1) is 5.92 Å². The molecule has 0 aliphatic carbocycles. The Morgan fingerprint density at radius 1 is 0.968 bits per heavy atom. The number of amides is 3. The summed E-state index contributed by atoms with van der Waals surface area (Å²) in [6.07, 6.45) is 0.698. The normalized spacial score (nSPS) is 15.6. The van der Waals surface area contributed by atoms with E-state index < -0.39 is 47.9 Å². The topological polar surface area (TPSA) is 151 Å². The number of aliphatic carboxylic acids is 1. The van der Waals surface area contributed by atoms with E-state index in [1.54, 1.807) is 31.2 Å². The summed E-state index contributed by atoms with van der Waals surface area (Å²) in [7, 11) is 0. The molecule has 0 spiro atoms. The molecule has 31 heavy (non-hydrogen) atoms. The summed E-state index contributed by atoms with van der Waals surface area (Å²) in [6, 6.07) is 5.05. The largest absolute Gasteiger partial charge is 0.480 e. The number of nitrogens with two attached hydrogens (primary N) is 1. The second kappa shape index (κ2) is 13.0. The first-order valence-corrected chi connectivity index (χ1v) is 10.8. The van der Waals surface area contributed by atoms with Crippen molar-refractivity contribution in [2.75, 3.05) is 5.75 Å². The molecule has 1 rings (SSSR count). The molecule has 3 amide bonds. The Bertz CT molecular complexity index is 759. The van der Waals surface area contributed by atoms with Gasteiger partial charge in [0.1, 0.15) is 18.1 Å². The lowest BCUT2D eigenvalue weighted by Gasteiger charge is -2.26. The highest BCUT2D eigenvalue weighted by Crippen LogP contribution is 2.10. The van der Waals surface area contributed by atoms with Crippen molar-refractivity contribution in [1.29, 1.82) is 0 Å². The van der Waals surface area contributed by atoms with Crippen LogP contribution in [0.1, 0.15) is 32.8 Å². The van der Waals surface area contributed by atoms with Crippen LogP contribution in [0.4, 0.5) is 0 Å². The molecule has 0 saturated heterocycles. The Morgan fingerprint density at radius 2 is 1.52 bits per heavy atom. The van der Waals surface area contributed by atoms with Crippen molar-refractivity contribution < 1.29 is 24.3 Å². The summed E-state index contributed by atoms with van der Waals surface area (Å²) in [4.78, 5) is 49.1. The van der Waals surface area contributed by atoms with Crippen LogP contribution in [-0.4, -0.2) is 58.7 Å². The second-order valence-electron chi connectivity index (χ2n) is 7.49. The van der Waals surface area contributed by atoms with Gasteiger partial charge in [0.25, 0.3) is 0 Å². The minimum atomic E-state index is -1.15. The van der Waals surface area contributed by atoms with Gasteiger partial charge >= 0.3 is 5.97 Å². The predicted molar refractivity (Wildman–Crippen MR) is 121 cm³/mol. The van der Waals surface area contributed by atoms with Crippen molar-refractivity contribution in [3.63, 3.8) is 0 Å². The first-order chi connectivity index (χ1) is 14.6. The molecule has 9 nitrogen and oxygen atoms in total. The minimum Gasteiger partial charge on any atom is -0.480 e. The maximum absolute atomic E-state index is 12.9. The summed E-state index contributed by atoms with van der Waals surface area (Å²) >= 11 is 4.10. The number of carbonyl (C=O) groups is 4. The number of rotatable bonds is 12. The SMILES string of the molecule is CCC(C)C(NC(=O)C(Cc1ccccc1)NC(=O)C(CS)NC(=O)C(C)N)C(=O)O. The van der Waals surface area contributed by atoms with Gasteiger partial charge in [-0.3, -0.25) is 14.4 Å². The zero-order chi connectivity index (χ0) is 23.6. The molecule has 5 unspecified atom stereocenters. The quantitative estimate of drug-likeness (QED) is 0.247. The van der Waals surface area contributed by atoms with Crippen molar-refractivity contribution in [1.82, 2.24) is 16.0 Å². The lowest BCUT2D eigenvalue weighted by molar-refractivity contribution is -0.143. The van der Waals surface area contributed by atoms with Crippen molar-refractivity contribution in [2.24, 2.45) is 11.7 Å². The van der Waals surface area contributed by atoms with Crippen LogP contribution in [0.5, 0.6) is 0 Å². The highest BCUT2D eigenvalue weighted by Gasteiger charge is 2.31. The predicted octanol–water partition coefficient (Wildman–Crippen LogP) is 0.0912. The monoisotopic (exact) mass is 452 g/mol. The fourth-order valence-electron chi connectivity index (χ4n) is 2.77. The molecule has 0 radical (unpaired) electrons. The molecular formula is C21H32N4O5S. The number of hydrogen-bond donors (Lipinski definition) is 6. The highest BCUT2D eigenvalue weighted by molar-refractivity contribution is 7.80. The Hall–Kier alpha value is -2.59. The van der Waals surface area contributed by atoms with E-state index >= 15 is 0 Å². The van der Waals surface area contributed by atoms with Crippen LogP contribution >= 0.6 is 12.6 Å². The minimum absolute atomic E-state index is 0.00537. The third-order valence-electron chi connectivity index (χ3n) is 4.92. The van der Waals surface area contributed by atoms with E-state index in [2.05, 4.69) is 28.6 Å². The average Bonchev–Trinajstić information content (AvgIpc) is 2.74. The molecule has 0 aliphatic heterocycles. The van der Waals surface area contributed by atoms with E-state index in [0.717, 1.165) is 5.56 Å². The van der Waals surface area contributed by atoms with Gasteiger partial charge in [0.05, 0.1) is 6.04 Å². The fraction of sp³-hybridized carbons (Fsp3) is 0.524. The van der Waals surface area contributed by atoms with Gasteiger partial charge in [-0.2, -0.15) is 12.6 Å². The van der Waals surface area contributed by atoms with E-state index in [4.69, 9.17) is 5.73 Å². The van der Waals surface area contributed by atoms with Gasteiger partial charge in [-0.05, 0) is 18.4 Å². The first-order valence-electron chi connectivity index (χ1n) is 10.1. The van der Waals surface area contributed by atoms with E-state index in [-0.39, 0.29) is 18.1 Å². The summed E-state index contributed by atoms with van der Waals surface area (Å²) < 4.78 is 0. The van der Waals surface area contributed by atoms with E-state index in [1.807, 2.05) is 13.0 Å². The smallest absolute Gasteiger partial charge is 0.326 e. The summed E-state index contributed by atoms with van der Waals surface area (Å²) in [5.41, 5.74) is 6.31. The first kappa shape index (κ1) is 26.4. The van der Waals surface area contributed by atoms with Gasteiger partial charge in [-0.15, -0.1) is 0 Å². The van der Waals surface area contributed by atoms with Crippen molar-refractivity contribution in [2.45, 2.75) is 57.8 Å². The summed E-state index contributed by atoms with van der Waals surface area (Å²) in [5, 5.41) is 17.1. The molecule has 0 aliphatic rings. The van der Waals surface area contributed by atoms with Crippen LogP contribution in [0.3, 0.4) is 0 Å². The number of carboxylic acids is 1. The van der Waals surface area contributed by atoms with Gasteiger partial charge in [-0.25, -0.2) is 4.79 Å². The number of nitrogens with one attached hydrogen (secondary N) is 3. The lowest BCUT2D eigenvalue weighted by Crippen LogP contribution is -2.58. The third-order valence-corrected chi connectivity index (χ3v) is 5.29. The number of carboxylic acid groups (broad SMARTS) is 1. The van der Waals surface area contributed by atoms with Crippen LogP contribution in [0.15, 0.2) is 30.3 Å². The summed E-state index contributed by atoms with van der Waals surface area (Å²) in [5.74, 6) is -3.22. The highest BCUT2D eigenvalue weighted by atomic mass is 32.1. The van der Waals surface area contributed by atoms with Crippen LogP contribution in [-0.2, 0) is 25.6 Å². The fourth-order valence-corrected chi connectivity index (χ4v) is 3.02. The molecule has 0 heterocycles. The number of carbonyl (C=O) groups excluding carboxylic acids is 3. The zero-order valence-corrected chi connectivity index (χ0v) is 18.9. The molecule has 0 aromatic heterocycles. The molecule has 5 atom stereocenters. The van der Waals surface area contributed by atoms with Gasteiger partial charge in [0.2, 0.25) is 17.7 Å². The van der Waals surface area contributed by atoms with E-state index in [0.29, 0.717) is 6.42 Å². The molecule has 1 aromatic rings. The number of benzene rings is 1. The van der Waals surface area contributed by atoms with Gasteiger partial charge in [0.15, 0.2) is 0 Å². The maximum Gasteiger partial charge on any atom is 0.326 e. The Morgan fingerprint density at radius 3 is 2.00 bits per heavy atom. The van der Waals surface area contributed by atoms with Crippen LogP contribution in [0.25, 0.3) is 0 Å². The molecule has 1 aromatic carbocycles. The molecule has 0 bridgehead atoms. The molecule has 172 valence electrons. The van der Waals surface area contributed by atoms with Gasteiger partial charge < -0.3 is 26.8 Å². The van der Waals surface area contributed by atoms with E-state index in [1.165, 1.54) is 6.92 Å². The standard InChI is InChI=1S/C21H32N4O5S/c1-4-12(2)17(21(29)30)25-19(27)15(10-14-8-6-5-7-9-14)23-20(28)16(11-31)24-18(26)13(3)22/h5-9,12-13,15-17,31H,4,10-11,22H2,1-3H3,(H,23,28)(H,24,26)(H,25,27)(H,29,30). The van der Waals surface area contributed by atoms with Crippen molar-refractivity contribution >= 4 is 36.3 Å². The Balaban J connectivity index is 3.04. The van der Waals surface area contributed by atoms with Crippen LogP contribution in [0.2, 0.25) is 0 Å². The molecule has 6 N–H and O–H groups in total. The molecular weight excluding hydrogens is 420 g/mol. The Labute approximate surface area is 187 Å². The number of thiol groups is 1. The van der Waals surface area contributed by atoms with Gasteiger partial charge in [-0.1, -0.05) is 50.6 Å². The zero-order valence-electron chi connectivity index (χ0n) is 18.0. The third kappa shape index (κ3) is 8.58. The van der Waals surface area contributed by atoms with Gasteiger partial charge in [0, 0.05) is 12.2 Å². The van der Waals surface area contributed by atoms with Crippen molar-refractivity contribution in [3.05, 3.63) is 35.9 Å². The second-order valence-corrected chi connectivity index (χ2v) is 7.86. The Kier molecular flexibility index (Phi) is 11.1. The molecule has 0 fully saturated rings. The van der Waals surface area contributed by atoms with Crippen molar-refractivity contribution in [3.8, 4) is 0 Å². The summed E-state index contributed by atoms with van der Waals surface area (Å²) in [6.45, 7) is 5.04. The average molecular weight is 453 g/mol. The van der Waals surface area contributed by atoms with E-state index in [9.17, 15) is 24.3 Å². The maximum atomic E-state index is 12.9. The number of hydrogen-bond acceptors (Lipinski definition) is 6. The molecule has 10 heteroatoms. The van der Waals surface area contributed by atoms with Crippen LogP contribution < -0.4 is 21.7 Å².